The van der Waals surface area contributed by atoms with Gasteiger partial charge in [-0.1, -0.05) is 6.07 Å². The van der Waals surface area contributed by atoms with Gasteiger partial charge in [-0.15, -0.1) is 0 Å². The molecule has 1 aromatic carbocycles. The minimum Gasteiger partial charge on any atom is -0.481 e. The van der Waals surface area contributed by atoms with Gasteiger partial charge in [0.25, 0.3) is 11.6 Å². The van der Waals surface area contributed by atoms with Crippen molar-refractivity contribution in [3.05, 3.63) is 33.9 Å². The van der Waals surface area contributed by atoms with Crippen molar-refractivity contribution in [2.45, 2.75) is 12.8 Å². The van der Waals surface area contributed by atoms with E-state index in [4.69, 9.17) is 10.5 Å². The van der Waals surface area contributed by atoms with E-state index < -0.39 is 22.7 Å². The summed E-state index contributed by atoms with van der Waals surface area (Å²) in [6.45, 7) is 0.932. The zero-order valence-electron chi connectivity index (χ0n) is 12.9. The van der Waals surface area contributed by atoms with Crippen molar-refractivity contribution >= 4 is 23.3 Å². The van der Waals surface area contributed by atoms with E-state index in [0.29, 0.717) is 26.1 Å². The normalized spacial score (nSPS) is 16.3. The van der Waals surface area contributed by atoms with Gasteiger partial charge >= 0.3 is 5.97 Å². The van der Waals surface area contributed by atoms with E-state index in [0.717, 1.165) is 0 Å². The van der Waals surface area contributed by atoms with E-state index in [-0.39, 0.29) is 29.4 Å². The summed E-state index contributed by atoms with van der Waals surface area (Å²) < 4.78 is 5.22. The molecule has 9 nitrogen and oxygen atoms in total. The molecule has 1 aromatic rings. The maximum absolute atomic E-state index is 12.2. The smallest absolute Gasteiger partial charge is 0.308 e. The minimum atomic E-state index is -0.991. The number of nitrogens with one attached hydrogen (secondary N) is 1. The fourth-order valence-corrected chi connectivity index (χ4v) is 2.78. The van der Waals surface area contributed by atoms with Crippen LogP contribution in [0.25, 0.3) is 0 Å². The van der Waals surface area contributed by atoms with Gasteiger partial charge in [-0.2, -0.15) is 0 Å². The van der Waals surface area contributed by atoms with Gasteiger partial charge in [0, 0.05) is 25.8 Å². The van der Waals surface area contributed by atoms with Gasteiger partial charge in [-0.05, 0) is 24.8 Å². The molecule has 24 heavy (non-hydrogen) atoms. The van der Waals surface area contributed by atoms with E-state index >= 15 is 0 Å². The Balaban J connectivity index is 2.07. The van der Waals surface area contributed by atoms with Crippen molar-refractivity contribution in [2.75, 3.05) is 25.5 Å². The number of nitro groups is 1. The average molecular weight is 337 g/mol. The Morgan fingerprint density at radius 2 is 2.08 bits per heavy atom. The van der Waals surface area contributed by atoms with E-state index in [9.17, 15) is 24.8 Å². The molecule has 2 rings (SSSR count). The number of carboxylic acid groups (broad SMARTS) is 1. The van der Waals surface area contributed by atoms with Crippen LogP contribution >= 0.6 is 0 Å². The Morgan fingerprint density at radius 1 is 1.42 bits per heavy atom. The second-order valence-corrected chi connectivity index (χ2v) is 5.60. The number of nitrogen functional groups attached to an aromatic ring is 1. The molecule has 1 aliphatic heterocycles. The van der Waals surface area contributed by atoms with Crippen LogP contribution in [0.5, 0.6) is 0 Å². The first-order chi connectivity index (χ1) is 11.4. The molecule has 1 atom stereocenters. The summed E-state index contributed by atoms with van der Waals surface area (Å²) in [6.07, 6.45) is 1.23. The van der Waals surface area contributed by atoms with E-state index in [1.54, 1.807) is 0 Å². The third-order valence-corrected chi connectivity index (χ3v) is 4.16. The highest BCUT2D eigenvalue weighted by atomic mass is 16.6. The second-order valence-electron chi connectivity index (χ2n) is 5.60. The number of para-hydroxylation sites is 1. The first-order valence-corrected chi connectivity index (χ1v) is 7.53. The van der Waals surface area contributed by atoms with Gasteiger partial charge < -0.3 is 20.9 Å². The number of benzene rings is 1. The zero-order valence-corrected chi connectivity index (χ0v) is 12.9. The molecule has 1 unspecified atom stereocenters. The third kappa shape index (κ3) is 3.99. The van der Waals surface area contributed by atoms with Crippen LogP contribution in [0.3, 0.4) is 0 Å². The van der Waals surface area contributed by atoms with E-state index in [1.165, 1.54) is 18.2 Å². The lowest BCUT2D eigenvalue weighted by Gasteiger charge is -2.27. The van der Waals surface area contributed by atoms with E-state index in [2.05, 4.69) is 5.32 Å². The quantitative estimate of drug-likeness (QED) is 0.399. The number of rotatable bonds is 6. The fourth-order valence-electron chi connectivity index (χ4n) is 2.78. The highest BCUT2D eigenvalue weighted by molar-refractivity contribution is 6.01. The number of nitrogens with two attached hydrogens (primary N) is 1. The molecule has 0 aromatic heterocycles. The Morgan fingerprint density at radius 3 is 2.67 bits per heavy atom. The molecule has 0 bridgehead atoms. The van der Waals surface area contributed by atoms with Crippen LogP contribution in [0.15, 0.2) is 18.2 Å². The number of aliphatic carboxylic acids is 1. The summed E-state index contributed by atoms with van der Waals surface area (Å²) in [4.78, 5) is 33.9. The highest BCUT2D eigenvalue weighted by Crippen LogP contribution is 2.26. The lowest BCUT2D eigenvalue weighted by molar-refractivity contribution is -0.383. The Kier molecular flexibility index (Phi) is 5.69. The van der Waals surface area contributed by atoms with Gasteiger partial charge in [-0.3, -0.25) is 19.7 Å². The SMILES string of the molecule is Nc1c(C(=O)NCC(C(=O)O)C2CCOCC2)cccc1[N+](=O)[O-]. The fraction of sp³-hybridized carbons (Fsp3) is 0.467. The predicted octanol–water partition coefficient (Wildman–Crippen LogP) is 1.03. The summed E-state index contributed by atoms with van der Waals surface area (Å²) >= 11 is 0. The Hall–Kier alpha value is -2.68. The molecule has 1 aliphatic rings. The number of carbonyl (C=O) groups excluding carboxylic acids is 1. The molecular formula is C15H19N3O6. The molecule has 9 heteroatoms. The molecule has 0 radical (unpaired) electrons. The first-order valence-electron chi connectivity index (χ1n) is 7.53. The molecule has 4 N–H and O–H groups in total. The molecule has 1 fully saturated rings. The number of hydrogen-bond donors (Lipinski definition) is 3. The number of carbonyl (C=O) groups is 2. The molecule has 1 amide bonds. The third-order valence-electron chi connectivity index (χ3n) is 4.16. The first kappa shape index (κ1) is 17.7. The van der Waals surface area contributed by atoms with Crippen molar-refractivity contribution in [1.29, 1.82) is 0 Å². The number of nitrogens with zero attached hydrogens (tertiary/aromatic N) is 1. The largest absolute Gasteiger partial charge is 0.481 e. The van der Waals surface area contributed by atoms with Gasteiger partial charge in [0.05, 0.1) is 16.4 Å². The maximum atomic E-state index is 12.2. The number of ether oxygens (including phenoxy) is 1. The highest BCUT2D eigenvalue weighted by Gasteiger charge is 2.30. The van der Waals surface area contributed by atoms with E-state index in [1.807, 2.05) is 0 Å². The van der Waals surface area contributed by atoms with Crippen molar-refractivity contribution in [3.63, 3.8) is 0 Å². The predicted molar refractivity (Wildman–Crippen MR) is 84.5 cm³/mol. The number of carboxylic acids is 1. The summed E-state index contributed by atoms with van der Waals surface area (Å²) in [6, 6.07) is 3.92. The minimum absolute atomic E-state index is 0.0414. The van der Waals surface area contributed by atoms with Crippen LogP contribution in [0.4, 0.5) is 11.4 Å². The average Bonchev–Trinajstić information content (AvgIpc) is 2.55. The standard InChI is InChI=1S/C15H19N3O6/c16-13-10(2-1-3-12(13)18(22)23)14(19)17-8-11(15(20)21)9-4-6-24-7-5-9/h1-3,9,11H,4-8,16H2,(H,17,19)(H,20,21). The van der Waals surface area contributed by atoms with Crippen LogP contribution in [-0.4, -0.2) is 41.7 Å². The summed E-state index contributed by atoms with van der Waals surface area (Å²) in [5.41, 5.74) is 5.02. The molecule has 1 saturated heterocycles. The van der Waals surface area contributed by atoms with Crippen LogP contribution in [0, 0.1) is 22.0 Å². The van der Waals surface area contributed by atoms with Crippen LogP contribution in [0.2, 0.25) is 0 Å². The van der Waals surface area contributed by atoms with Gasteiger partial charge in [0.15, 0.2) is 0 Å². The molecule has 1 heterocycles. The van der Waals surface area contributed by atoms with Crippen molar-refractivity contribution < 1.29 is 24.4 Å². The molecular weight excluding hydrogens is 318 g/mol. The number of hydrogen-bond acceptors (Lipinski definition) is 6. The monoisotopic (exact) mass is 337 g/mol. The Bertz CT molecular complexity index is 642. The zero-order chi connectivity index (χ0) is 17.7. The number of anilines is 1. The van der Waals surface area contributed by atoms with Gasteiger partial charge in [0.2, 0.25) is 0 Å². The number of amides is 1. The van der Waals surface area contributed by atoms with Crippen molar-refractivity contribution in [3.8, 4) is 0 Å². The maximum Gasteiger partial charge on any atom is 0.308 e. The molecule has 0 spiro atoms. The topological polar surface area (TPSA) is 145 Å². The van der Waals surface area contributed by atoms with Crippen LogP contribution in [-0.2, 0) is 9.53 Å². The van der Waals surface area contributed by atoms with Crippen LogP contribution in [0.1, 0.15) is 23.2 Å². The van der Waals surface area contributed by atoms with Crippen LogP contribution < -0.4 is 11.1 Å². The lowest BCUT2D eigenvalue weighted by atomic mass is 9.86. The van der Waals surface area contributed by atoms with Gasteiger partial charge in [0.1, 0.15) is 5.69 Å². The van der Waals surface area contributed by atoms with Crippen molar-refractivity contribution in [1.82, 2.24) is 5.32 Å². The number of nitro benzene ring substituents is 1. The second kappa shape index (κ2) is 7.73. The summed E-state index contributed by atoms with van der Waals surface area (Å²) in [5.74, 6) is -2.44. The Labute approximate surface area is 137 Å². The molecule has 130 valence electrons. The summed E-state index contributed by atoms with van der Waals surface area (Å²) in [7, 11) is 0. The molecule has 0 aliphatic carbocycles. The molecule has 0 saturated carbocycles. The van der Waals surface area contributed by atoms with Gasteiger partial charge in [-0.25, -0.2) is 0 Å². The summed E-state index contributed by atoms with van der Waals surface area (Å²) in [5, 5.41) is 22.8. The lowest BCUT2D eigenvalue weighted by Crippen LogP contribution is -2.39. The van der Waals surface area contributed by atoms with Crippen molar-refractivity contribution in [2.24, 2.45) is 11.8 Å².